The molecule has 0 aromatic carbocycles. The molecular formula is C18H28ClN7O3. The third-order valence-electron chi connectivity index (χ3n) is 6.35. The normalized spacial score (nSPS) is 24.8. The minimum Gasteiger partial charge on any atom is -0.378 e. The zero-order chi connectivity index (χ0) is 19.4. The number of morpholine rings is 1. The van der Waals surface area contributed by atoms with E-state index >= 15 is 0 Å². The minimum absolute atomic E-state index is 0. The standard InChI is InChI=1S/C18H27N7O3.ClH/c1-21-15-14(16(26)22(2)18(21)27)24(17(19-15)23-7-9-28-10-8-23)11-12-13-5-3-4-6-25(13)20-12;/h12-13,20H,3-11H2,1-2H3;1H. The molecule has 3 aliphatic heterocycles. The second-order valence-corrected chi connectivity index (χ2v) is 7.99. The number of imidazole rings is 1. The van der Waals surface area contributed by atoms with Crippen molar-refractivity contribution in [1.29, 1.82) is 0 Å². The van der Waals surface area contributed by atoms with E-state index in [1.165, 1.54) is 35.4 Å². The van der Waals surface area contributed by atoms with E-state index in [0.29, 0.717) is 37.0 Å². The van der Waals surface area contributed by atoms with Gasteiger partial charge in [0.15, 0.2) is 11.2 Å². The third-order valence-corrected chi connectivity index (χ3v) is 6.35. The van der Waals surface area contributed by atoms with Crippen LogP contribution in [0.1, 0.15) is 19.3 Å². The summed E-state index contributed by atoms with van der Waals surface area (Å²) in [6.07, 6.45) is 3.65. The van der Waals surface area contributed by atoms with Crippen LogP contribution in [0, 0.1) is 0 Å². The molecule has 160 valence electrons. The Kier molecular flexibility index (Phi) is 5.45. The fourth-order valence-corrected chi connectivity index (χ4v) is 4.72. The van der Waals surface area contributed by atoms with Crippen LogP contribution in [0.3, 0.4) is 0 Å². The summed E-state index contributed by atoms with van der Waals surface area (Å²) in [4.78, 5) is 32.3. The maximum absolute atomic E-state index is 13.0. The van der Waals surface area contributed by atoms with Gasteiger partial charge in [0.2, 0.25) is 5.95 Å². The van der Waals surface area contributed by atoms with Crippen LogP contribution >= 0.6 is 12.4 Å². The molecule has 10 nitrogen and oxygen atoms in total. The van der Waals surface area contributed by atoms with E-state index in [9.17, 15) is 9.59 Å². The first kappa shape index (κ1) is 20.4. The van der Waals surface area contributed by atoms with Gasteiger partial charge in [0.25, 0.3) is 5.56 Å². The minimum atomic E-state index is -0.351. The number of halogens is 1. The summed E-state index contributed by atoms with van der Waals surface area (Å²) < 4.78 is 10.1. The van der Waals surface area contributed by atoms with Crippen LogP contribution in [0.5, 0.6) is 0 Å². The Hall–Kier alpha value is -1.88. The lowest BCUT2D eigenvalue weighted by atomic mass is 9.93. The highest BCUT2D eigenvalue weighted by molar-refractivity contribution is 5.85. The fraction of sp³-hybridized carbons (Fsp3) is 0.722. The van der Waals surface area contributed by atoms with Gasteiger partial charge in [-0.1, -0.05) is 6.42 Å². The number of hydrogen-bond acceptors (Lipinski definition) is 7. The molecule has 5 rings (SSSR count). The zero-order valence-corrected chi connectivity index (χ0v) is 17.7. The van der Waals surface area contributed by atoms with E-state index in [0.717, 1.165) is 25.6 Å². The van der Waals surface area contributed by atoms with Crippen molar-refractivity contribution in [2.75, 3.05) is 37.7 Å². The van der Waals surface area contributed by atoms with E-state index in [4.69, 9.17) is 9.72 Å². The molecule has 29 heavy (non-hydrogen) atoms. The first-order valence-corrected chi connectivity index (χ1v) is 10.1. The Labute approximate surface area is 174 Å². The van der Waals surface area contributed by atoms with Gasteiger partial charge in [-0.15, -0.1) is 12.4 Å². The van der Waals surface area contributed by atoms with Crippen LogP contribution in [-0.4, -0.2) is 68.6 Å². The lowest BCUT2D eigenvalue weighted by molar-refractivity contribution is -0.0614. The number of rotatable bonds is 3. The summed E-state index contributed by atoms with van der Waals surface area (Å²) in [5, 5.41) is 2.32. The average molecular weight is 426 g/mol. The second-order valence-electron chi connectivity index (χ2n) is 7.99. The van der Waals surface area contributed by atoms with Crippen molar-refractivity contribution in [3.8, 4) is 0 Å². The first-order valence-electron chi connectivity index (χ1n) is 10.1. The van der Waals surface area contributed by atoms with Gasteiger partial charge in [0, 0.05) is 46.3 Å². The van der Waals surface area contributed by atoms with E-state index < -0.39 is 0 Å². The molecule has 0 amide bonds. The van der Waals surface area contributed by atoms with Gasteiger partial charge in [-0.2, -0.15) is 4.98 Å². The molecule has 2 atom stereocenters. The number of nitrogens with zero attached hydrogens (tertiary/aromatic N) is 6. The molecule has 0 aliphatic carbocycles. The summed E-state index contributed by atoms with van der Waals surface area (Å²) in [6.45, 7) is 4.48. The number of piperidine rings is 1. The van der Waals surface area contributed by atoms with Crippen molar-refractivity contribution in [3.05, 3.63) is 20.8 Å². The molecular weight excluding hydrogens is 398 g/mol. The lowest BCUT2D eigenvalue weighted by Gasteiger charge is -2.52. The molecule has 2 unspecified atom stereocenters. The highest BCUT2D eigenvalue weighted by atomic mass is 35.5. The molecule has 3 aliphatic rings. The number of fused-ring (bicyclic) bond motifs is 2. The molecule has 5 heterocycles. The van der Waals surface area contributed by atoms with Crippen LogP contribution < -0.4 is 21.6 Å². The summed E-state index contributed by atoms with van der Waals surface area (Å²) in [6, 6.07) is 0.777. The number of nitrogens with one attached hydrogen (secondary N) is 1. The van der Waals surface area contributed by atoms with Gasteiger partial charge in [-0.25, -0.2) is 15.2 Å². The third kappa shape index (κ3) is 3.18. The molecule has 2 aromatic heterocycles. The van der Waals surface area contributed by atoms with E-state index in [-0.39, 0.29) is 29.7 Å². The number of ether oxygens (including phenoxy) is 1. The first-order chi connectivity index (χ1) is 13.6. The van der Waals surface area contributed by atoms with E-state index in [1.807, 2.05) is 4.57 Å². The van der Waals surface area contributed by atoms with E-state index in [1.54, 1.807) is 7.05 Å². The van der Waals surface area contributed by atoms with E-state index in [2.05, 4.69) is 15.3 Å². The molecule has 0 spiro atoms. The van der Waals surface area contributed by atoms with Crippen LogP contribution in [0.4, 0.5) is 5.95 Å². The van der Waals surface area contributed by atoms with Crippen LogP contribution in [0.25, 0.3) is 11.2 Å². The van der Waals surface area contributed by atoms with Crippen molar-refractivity contribution < 1.29 is 4.74 Å². The topological polar surface area (TPSA) is 89.6 Å². The average Bonchev–Trinajstić information content (AvgIpc) is 3.09. The van der Waals surface area contributed by atoms with Crippen molar-refractivity contribution in [1.82, 2.24) is 29.1 Å². The van der Waals surface area contributed by atoms with Gasteiger partial charge in [-0.3, -0.25) is 13.9 Å². The summed E-state index contributed by atoms with van der Waals surface area (Å²) in [5.41, 5.74) is 3.86. The Morgan fingerprint density at radius 2 is 1.86 bits per heavy atom. The highest BCUT2D eigenvalue weighted by Gasteiger charge is 2.40. The Morgan fingerprint density at radius 1 is 1.10 bits per heavy atom. The molecule has 3 saturated heterocycles. The maximum atomic E-state index is 13.0. The lowest BCUT2D eigenvalue weighted by Crippen LogP contribution is -2.71. The summed E-state index contributed by atoms with van der Waals surface area (Å²) in [5.74, 6) is 0.757. The van der Waals surface area contributed by atoms with Crippen LogP contribution in [-0.2, 0) is 25.4 Å². The smallest absolute Gasteiger partial charge is 0.332 e. The number of hydrogen-bond donors (Lipinski definition) is 1. The monoisotopic (exact) mass is 425 g/mol. The van der Waals surface area contributed by atoms with Gasteiger partial charge >= 0.3 is 5.69 Å². The van der Waals surface area contributed by atoms with Crippen LogP contribution in [0.2, 0.25) is 0 Å². The van der Waals surface area contributed by atoms with Crippen molar-refractivity contribution in [2.45, 2.75) is 37.9 Å². The fourth-order valence-electron chi connectivity index (χ4n) is 4.72. The van der Waals surface area contributed by atoms with Crippen molar-refractivity contribution >= 4 is 29.5 Å². The highest BCUT2D eigenvalue weighted by Crippen LogP contribution is 2.29. The summed E-state index contributed by atoms with van der Waals surface area (Å²) >= 11 is 0. The summed E-state index contributed by atoms with van der Waals surface area (Å²) in [7, 11) is 3.20. The molecule has 3 fully saturated rings. The molecule has 2 aromatic rings. The quantitative estimate of drug-likeness (QED) is 0.704. The van der Waals surface area contributed by atoms with Crippen molar-refractivity contribution in [3.63, 3.8) is 0 Å². The van der Waals surface area contributed by atoms with Crippen molar-refractivity contribution in [2.24, 2.45) is 14.1 Å². The molecule has 0 radical (unpaired) electrons. The largest absolute Gasteiger partial charge is 0.378 e. The van der Waals surface area contributed by atoms with Gasteiger partial charge in [-0.05, 0) is 12.8 Å². The van der Waals surface area contributed by atoms with Gasteiger partial charge in [0.05, 0.1) is 19.3 Å². The number of hydrazine groups is 1. The Balaban J connectivity index is 0.00000205. The molecule has 0 saturated carbocycles. The number of aromatic nitrogens is 4. The molecule has 0 bridgehead atoms. The second kappa shape index (κ2) is 7.75. The predicted octanol–water partition coefficient (Wildman–Crippen LogP) is -0.567. The predicted molar refractivity (Wildman–Crippen MR) is 112 cm³/mol. The van der Waals surface area contributed by atoms with Crippen LogP contribution in [0.15, 0.2) is 9.59 Å². The zero-order valence-electron chi connectivity index (χ0n) is 16.8. The number of aryl methyl sites for hydroxylation is 1. The molecule has 1 N–H and O–H groups in total. The SMILES string of the molecule is Cl.Cn1c(=O)c2c(nc(N3CCOCC3)n2CC2NN3CCCCC23)n(C)c1=O. The van der Waals surface area contributed by atoms with Gasteiger partial charge < -0.3 is 14.2 Å². The molecule has 11 heteroatoms. The number of anilines is 1. The maximum Gasteiger partial charge on any atom is 0.332 e. The Bertz CT molecular complexity index is 1020. The Morgan fingerprint density at radius 3 is 2.59 bits per heavy atom. The van der Waals surface area contributed by atoms with Gasteiger partial charge in [0.1, 0.15) is 0 Å².